The van der Waals surface area contributed by atoms with Crippen LogP contribution in [0.5, 0.6) is 0 Å². The van der Waals surface area contributed by atoms with Crippen LogP contribution in [0.15, 0.2) is 0 Å². The third kappa shape index (κ3) is 1.87. The van der Waals surface area contributed by atoms with Gasteiger partial charge >= 0.3 is 0 Å². The number of anilines is 1. The lowest BCUT2D eigenvalue weighted by atomic mass is 9.99. The van der Waals surface area contributed by atoms with E-state index in [-0.39, 0.29) is 17.4 Å². The number of nitrogens with two attached hydrogens (primary N) is 1. The van der Waals surface area contributed by atoms with Gasteiger partial charge in [-0.1, -0.05) is 6.92 Å². The minimum atomic E-state index is -0.0993. The Bertz CT molecular complexity index is 375. The number of hydrogen-bond acceptors (Lipinski definition) is 4. The van der Waals surface area contributed by atoms with E-state index in [0.29, 0.717) is 6.04 Å². The van der Waals surface area contributed by atoms with Gasteiger partial charge in [0.1, 0.15) is 0 Å². The van der Waals surface area contributed by atoms with Crippen molar-refractivity contribution in [2.45, 2.75) is 38.6 Å². The number of carbonyl (C=O) groups is 1. The Morgan fingerprint density at radius 2 is 2.38 bits per heavy atom. The molecule has 16 heavy (non-hydrogen) atoms. The second-order valence-corrected chi connectivity index (χ2v) is 4.11. The fraction of sp³-hybridized carbons (Fsp3) is 0.700. The van der Waals surface area contributed by atoms with Gasteiger partial charge < -0.3 is 10.6 Å². The smallest absolute Gasteiger partial charge is 0.278 e. The van der Waals surface area contributed by atoms with E-state index >= 15 is 0 Å². The minimum absolute atomic E-state index is 0.0993. The molecule has 1 aliphatic rings. The molecule has 0 aliphatic carbocycles. The number of likely N-dealkylation sites (tertiary alicyclic amines) is 1. The van der Waals surface area contributed by atoms with E-state index < -0.39 is 0 Å². The number of H-pyrrole nitrogens is 1. The third-order valence-electron chi connectivity index (χ3n) is 3.14. The Morgan fingerprint density at radius 3 is 3.00 bits per heavy atom. The Balaban J connectivity index is 2.17. The van der Waals surface area contributed by atoms with Crippen LogP contribution in [0.2, 0.25) is 0 Å². The number of aromatic amines is 1. The highest BCUT2D eigenvalue weighted by molar-refractivity contribution is 5.96. The Labute approximate surface area is 94.2 Å². The lowest BCUT2D eigenvalue weighted by Crippen LogP contribution is -2.43. The molecule has 2 heterocycles. The van der Waals surface area contributed by atoms with Crippen LogP contribution in [0, 0.1) is 0 Å². The lowest BCUT2D eigenvalue weighted by molar-refractivity contribution is 0.0603. The number of rotatable bonds is 2. The van der Waals surface area contributed by atoms with Crippen molar-refractivity contribution in [1.82, 2.24) is 20.3 Å². The molecular formula is C10H17N5O. The zero-order valence-corrected chi connectivity index (χ0v) is 9.44. The number of piperidine rings is 1. The number of carbonyl (C=O) groups excluding carboxylic acids is 1. The van der Waals surface area contributed by atoms with Crippen LogP contribution < -0.4 is 5.73 Å². The van der Waals surface area contributed by atoms with E-state index in [0.717, 1.165) is 25.8 Å². The van der Waals surface area contributed by atoms with Gasteiger partial charge in [-0.05, 0) is 25.7 Å². The summed E-state index contributed by atoms with van der Waals surface area (Å²) in [6.07, 6.45) is 4.29. The Kier molecular flexibility index (Phi) is 3.07. The predicted molar refractivity (Wildman–Crippen MR) is 59.8 cm³/mol. The molecule has 0 bridgehead atoms. The number of aromatic nitrogens is 3. The van der Waals surface area contributed by atoms with E-state index in [1.54, 1.807) is 0 Å². The molecule has 1 fully saturated rings. The van der Waals surface area contributed by atoms with Crippen molar-refractivity contribution in [3.8, 4) is 0 Å². The molecule has 0 aromatic carbocycles. The summed E-state index contributed by atoms with van der Waals surface area (Å²) in [5, 5.41) is 9.86. The first kappa shape index (κ1) is 10.9. The van der Waals surface area contributed by atoms with E-state index in [1.807, 2.05) is 4.90 Å². The van der Waals surface area contributed by atoms with Crippen molar-refractivity contribution < 1.29 is 4.79 Å². The zero-order chi connectivity index (χ0) is 11.5. The highest BCUT2D eigenvalue weighted by atomic mass is 16.2. The molecule has 6 nitrogen and oxygen atoms in total. The van der Waals surface area contributed by atoms with Crippen molar-refractivity contribution in [3.05, 3.63) is 5.69 Å². The second-order valence-electron chi connectivity index (χ2n) is 4.11. The molecule has 3 N–H and O–H groups in total. The summed E-state index contributed by atoms with van der Waals surface area (Å²) >= 11 is 0. The number of nitrogens with zero attached hydrogens (tertiary/aromatic N) is 3. The zero-order valence-electron chi connectivity index (χ0n) is 9.44. The first-order valence-electron chi connectivity index (χ1n) is 5.71. The first-order valence-corrected chi connectivity index (χ1v) is 5.71. The van der Waals surface area contributed by atoms with Gasteiger partial charge in [-0.3, -0.25) is 4.79 Å². The van der Waals surface area contributed by atoms with Crippen molar-refractivity contribution in [2.75, 3.05) is 12.3 Å². The molecular weight excluding hydrogens is 206 g/mol. The molecule has 0 saturated carbocycles. The molecule has 0 radical (unpaired) electrons. The predicted octanol–water partition coefficient (Wildman–Crippen LogP) is 0.792. The van der Waals surface area contributed by atoms with Crippen LogP contribution in [0.1, 0.15) is 43.1 Å². The summed E-state index contributed by atoms with van der Waals surface area (Å²) in [5.41, 5.74) is 5.83. The molecule has 1 aromatic heterocycles. The van der Waals surface area contributed by atoms with Gasteiger partial charge in [0.15, 0.2) is 11.5 Å². The average molecular weight is 223 g/mol. The summed E-state index contributed by atoms with van der Waals surface area (Å²) in [6, 6.07) is 0.317. The van der Waals surface area contributed by atoms with Gasteiger partial charge in [0.05, 0.1) is 0 Å². The van der Waals surface area contributed by atoms with Crippen LogP contribution in [0.3, 0.4) is 0 Å². The maximum absolute atomic E-state index is 12.2. The number of nitrogen functional groups attached to an aromatic ring is 1. The fourth-order valence-electron chi connectivity index (χ4n) is 2.22. The Hall–Kier alpha value is -1.59. The third-order valence-corrected chi connectivity index (χ3v) is 3.14. The second kappa shape index (κ2) is 4.51. The van der Waals surface area contributed by atoms with Crippen molar-refractivity contribution in [1.29, 1.82) is 0 Å². The van der Waals surface area contributed by atoms with E-state index in [9.17, 15) is 4.79 Å². The molecule has 2 rings (SSSR count). The summed E-state index contributed by atoms with van der Waals surface area (Å²) in [6.45, 7) is 2.89. The first-order chi connectivity index (χ1) is 7.74. The largest absolute Gasteiger partial charge is 0.380 e. The van der Waals surface area contributed by atoms with Crippen molar-refractivity contribution >= 4 is 11.7 Å². The van der Waals surface area contributed by atoms with E-state index in [1.165, 1.54) is 6.42 Å². The summed E-state index contributed by atoms with van der Waals surface area (Å²) < 4.78 is 0. The summed E-state index contributed by atoms with van der Waals surface area (Å²) in [7, 11) is 0. The minimum Gasteiger partial charge on any atom is -0.380 e. The van der Waals surface area contributed by atoms with E-state index in [2.05, 4.69) is 22.3 Å². The van der Waals surface area contributed by atoms with Gasteiger partial charge in [-0.2, -0.15) is 5.21 Å². The molecule has 0 spiro atoms. The number of nitrogens with one attached hydrogen (secondary N) is 1. The fourth-order valence-corrected chi connectivity index (χ4v) is 2.22. The molecule has 1 amide bonds. The maximum atomic E-state index is 12.2. The monoisotopic (exact) mass is 223 g/mol. The molecule has 1 unspecified atom stereocenters. The van der Waals surface area contributed by atoms with E-state index in [4.69, 9.17) is 5.73 Å². The van der Waals surface area contributed by atoms with Crippen LogP contribution in [0.25, 0.3) is 0 Å². The van der Waals surface area contributed by atoms with Gasteiger partial charge in [0.25, 0.3) is 5.91 Å². The lowest BCUT2D eigenvalue weighted by Gasteiger charge is -2.34. The highest BCUT2D eigenvalue weighted by Crippen LogP contribution is 2.22. The van der Waals surface area contributed by atoms with Crippen LogP contribution in [-0.2, 0) is 0 Å². The topological polar surface area (TPSA) is 87.9 Å². The quantitative estimate of drug-likeness (QED) is 0.776. The van der Waals surface area contributed by atoms with Crippen molar-refractivity contribution in [2.24, 2.45) is 0 Å². The van der Waals surface area contributed by atoms with Crippen LogP contribution >= 0.6 is 0 Å². The molecule has 1 aromatic rings. The van der Waals surface area contributed by atoms with Gasteiger partial charge in [0.2, 0.25) is 0 Å². The molecule has 88 valence electrons. The van der Waals surface area contributed by atoms with Gasteiger partial charge in [-0.15, -0.1) is 10.2 Å². The van der Waals surface area contributed by atoms with Crippen LogP contribution in [0.4, 0.5) is 5.82 Å². The normalized spacial score (nSPS) is 21.1. The average Bonchev–Trinajstić information content (AvgIpc) is 2.74. The molecule has 1 atom stereocenters. The van der Waals surface area contributed by atoms with Gasteiger partial charge in [-0.25, -0.2) is 0 Å². The van der Waals surface area contributed by atoms with Gasteiger partial charge in [0, 0.05) is 12.6 Å². The number of hydrogen-bond donors (Lipinski definition) is 2. The summed E-state index contributed by atoms with van der Waals surface area (Å²) in [4.78, 5) is 14.0. The van der Waals surface area contributed by atoms with Crippen LogP contribution in [-0.4, -0.2) is 38.8 Å². The number of amides is 1. The molecule has 1 saturated heterocycles. The molecule has 1 aliphatic heterocycles. The summed E-state index contributed by atoms with van der Waals surface area (Å²) in [5.74, 6) is 0.0863. The standard InChI is InChI=1S/C10H17N5O/c1-2-7-5-3-4-6-15(7)10(16)8-9(11)13-14-12-8/h7H,2-6H2,1H3,(H3,11,12,13,14). The van der Waals surface area contributed by atoms with Crippen molar-refractivity contribution in [3.63, 3.8) is 0 Å². The highest BCUT2D eigenvalue weighted by Gasteiger charge is 2.28. The SMILES string of the molecule is CCC1CCCCN1C(=O)c1n[nH]nc1N. The maximum Gasteiger partial charge on any atom is 0.278 e. The molecule has 6 heteroatoms. The Morgan fingerprint density at radius 1 is 1.56 bits per heavy atom.